The zero-order chi connectivity index (χ0) is 18.0. The third-order valence-corrected chi connectivity index (χ3v) is 4.08. The van der Waals surface area contributed by atoms with Crippen molar-refractivity contribution in [2.45, 2.75) is 19.9 Å². The molecular weight excluding hydrogens is 320 g/mol. The minimum Gasteiger partial charge on any atom is -0.496 e. The van der Waals surface area contributed by atoms with Crippen LogP contribution in [0.15, 0.2) is 36.4 Å². The number of hydrogen-bond donors (Lipinski definition) is 2. The number of hydrogen-bond acceptors (Lipinski definition) is 4. The minimum atomic E-state index is -0.223. The number of fused-ring (bicyclic) bond motifs is 1. The van der Waals surface area contributed by atoms with Crippen LogP contribution in [0.4, 0.5) is 5.69 Å². The van der Waals surface area contributed by atoms with Gasteiger partial charge in [0, 0.05) is 11.1 Å². The first-order valence-electron chi connectivity index (χ1n) is 8.00. The first kappa shape index (κ1) is 16.8. The average Bonchev–Trinajstić information content (AvgIpc) is 2.61. The summed E-state index contributed by atoms with van der Waals surface area (Å²) in [5.74, 6) is 0.798. The van der Waals surface area contributed by atoms with Gasteiger partial charge in [-0.25, -0.2) is 0 Å². The number of benzene rings is 2. The summed E-state index contributed by atoms with van der Waals surface area (Å²) in [6, 6.07) is 10.6. The quantitative estimate of drug-likeness (QED) is 0.897. The van der Waals surface area contributed by atoms with E-state index in [-0.39, 0.29) is 24.5 Å². The number of rotatable bonds is 4. The summed E-state index contributed by atoms with van der Waals surface area (Å²) < 4.78 is 10.7. The second-order valence-electron chi connectivity index (χ2n) is 5.99. The van der Waals surface area contributed by atoms with Gasteiger partial charge >= 0.3 is 0 Å². The topological polar surface area (TPSA) is 76.7 Å². The van der Waals surface area contributed by atoms with Crippen LogP contribution in [-0.4, -0.2) is 25.5 Å². The van der Waals surface area contributed by atoms with Gasteiger partial charge in [0.2, 0.25) is 0 Å². The van der Waals surface area contributed by atoms with Crippen LogP contribution in [0.25, 0.3) is 0 Å². The highest BCUT2D eigenvalue weighted by Crippen LogP contribution is 2.29. The molecule has 2 N–H and O–H groups in total. The summed E-state index contributed by atoms with van der Waals surface area (Å²) in [6.45, 7) is 3.85. The summed E-state index contributed by atoms with van der Waals surface area (Å²) in [5.41, 5.74) is 3.04. The van der Waals surface area contributed by atoms with Gasteiger partial charge in [-0.1, -0.05) is 17.7 Å². The van der Waals surface area contributed by atoms with E-state index in [2.05, 4.69) is 10.6 Å². The molecule has 2 aromatic rings. The number of amides is 2. The van der Waals surface area contributed by atoms with Crippen LogP contribution in [0.1, 0.15) is 34.5 Å². The SMILES string of the molecule is COc1ccc(C)cc1C(C)NC(=O)c1ccc2c(c1)OCC(=O)N2. The van der Waals surface area contributed by atoms with Gasteiger partial charge in [-0.3, -0.25) is 9.59 Å². The molecule has 0 aliphatic carbocycles. The lowest BCUT2D eigenvalue weighted by Crippen LogP contribution is -2.28. The fourth-order valence-electron chi connectivity index (χ4n) is 2.77. The predicted octanol–water partition coefficient (Wildman–Crippen LogP) is 2.83. The maximum Gasteiger partial charge on any atom is 0.262 e. The molecule has 0 aromatic heterocycles. The Kier molecular flexibility index (Phi) is 4.61. The van der Waals surface area contributed by atoms with Crippen molar-refractivity contribution in [2.24, 2.45) is 0 Å². The van der Waals surface area contributed by atoms with Crippen LogP contribution in [-0.2, 0) is 4.79 Å². The van der Waals surface area contributed by atoms with Crippen LogP contribution in [0, 0.1) is 6.92 Å². The lowest BCUT2D eigenvalue weighted by molar-refractivity contribution is -0.118. The Hall–Kier alpha value is -3.02. The molecule has 25 heavy (non-hydrogen) atoms. The molecule has 1 aliphatic rings. The van der Waals surface area contributed by atoms with E-state index in [0.717, 1.165) is 16.9 Å². The summed E-state index contributed by atoms with van der Waals surface area (Å²) in [6.07, 6.45) is 0. The summed E-state index contributed by atoms with van der Waals surface area (Å²) in [4.78, 5) is 23.9. The van der Waals surface area contributed by atoms with Crippen LogP contribution in [0.5, 0.6) is 11.5 Å². The molecule has 2 amide bonds. The maximum absolute atomic E-state index is 12.6. The molecule has 1 atom stereocenters. The molecule has 1 aliphatic heterocycles. The number of carbonyl (C=O) groups excluding carboxylic acids is 2. The average molecular weight is 340 g/mol. The van der Waals surface area contributed by atoms with E-state index in [1.165, 1.54) is 0 Å². The highest BCUT2D eigenvalue weighted by atomic mass is 16.5. The lowest BCUT2D eigenvalue weighted by Gasteiger charge is -2.20. The third-order valence-electron chi connectivity index (χ3n) is 4.08. The molecule has 0 radical (unpaired) electrons. The van der Waals surface area contributed by atoms with Crippen molar-refractivity contribution in [3.63, 3.8) is 0 Å². The minimum absolute atomic E-state index is 0.0467. The largest absolute Gasteiger partial charge is 0.496 e. The van der Waals surface area contributed by atoms with E-state index in [1.807, 2.05) is 32.0 Å². The van der Waals surface area contributed by atoms with Gasteiger partial charge in [0.1, 0.15) is 11.5 Å². The maximum atomic E-state index is 12.6. The molecule has 130 valence electrons. The fourth-order valence-corrected chi connectivity index (χ4v) is 2.77. The van der Waals surface area contributed by atoms with Gasteiger partial charge in [-0.2, -0.15) is 0 Å². The molecule has 0 bridgehead atoms. The number of nitrogens with one attached hydrogen (secondary N) is 2. The highest BCUT2D eigenvalue weighted by Gasteiger charge is 2.20. The zero-order valence-electron chi connectivity index (χ0n) is 14.4. The van der Waals surface area contributed by atoms with Crippen molar-refractivity contribution in [1.29, 1.82) is 0 Å². The lowest BCUT2D eigenvalue weighted by atomic mass is 10.0. The number of methoxy groups -OCH3 is 1. The Bertz CT molecular complexity index is 832. The number of ether oxygens (including phenoxy) is 2. The normalized spacial score (nSPS) is 14.0. The van der Waals surface area contributed by atoms with E-state index < -0.39 is 0 Å². The van der Waals surface area contributed by atoms with Crippen LogP contribution >= 0.6 is 0 Å². The molecule has 0 fully saturated rings. The van der Waals surface area contributed by atoms with Gasteiger partial charge < -0.3 is 20.1 Å². The first-order chi connectivity index (χ1) is 12.0. The van der Waals surface area contributed by atoms with Gasteiger partial charge in [-0.15, -0.1) is 0 Å². The number of carbonyl (C=O) groups is 2. The van der Waals surface area contributed by atoms with Crippen LogP contribution in [0.3, 0.4) is 0 Å². The van der Waals surface area contributed by atoms with Crippen molar-refractivity contribution < 1.29 is 19.1 Å². The van der Waals surface area contributed by atoms with Crippen molar-refractivity contribution in [1.82, 2.24) is 5.32 Å². The molecule has 3 rings (SSSR count). The first-order valence-corrected chi connectivity index (χ1v) is 8.00. The second kappa shape index (κ2) is 6.84. The van der Waals surface area contributed by atoms with E-state index in [4.69, 9.17) is 9.47 Å². The van der Waals surface area contributed by atoms with E-state index in [9.17, 15) is 9.59 Å². The van der Waals surface area contributed by atoms with E-state index in [1.54, 1.807) is 25.3 Å². The molecule has 0 saturated heterocycles. The zero-order valence-corrected chi connectivity index (χ0v) is 14.4. The van der Waals surface area contributed by atoms with Crippen molar-refractivity contribution in [3.8, 4) is 11.5 Å². The summed E-state index contributed by atoms with van der Waals surface area (Å²) in [7, 11) is 1.61. The van der Waals surface area contributed by atoms with E-state index >= 15 is 0 Å². The molecule has 6 heteroatoms. The van der Waals surface area contributed by atoms with Gasteiger partial charge in [0.15, 0.2) is 6.61 Å². The Morgan fingerprint density at radius 1 is 1.28 bits per heavy atom. The van der Waals surface area contributed by atoms with Gasteiger partial charge in [-0.05, 0) is 38.1 Å². The van der Waals surface area contributed by atoms with Crippen molar-refractivity contribution >= 4 is 17.5 Å². The molecular formula is C19H20N2O4. The summed E-state index contributed by atoms with van der Waals surface area (Å²) in [5, 5.41) is 5.67. The van der Waals surface area contributed by atoms with Crippen LogP contribution in [0.2, 0.25) is 0 Å². The Balaban J connectivity index is 1.78. The third kappa shape index (κ3) is 3.57. The van der Waals surface area contributed by atoms with Crippen molar-refractivity contribution in [2.75, 3.05) is 19.0 Å². The standard InChI is InChI=1S/C19H20N2O4/c1-11-4-7-16(24-3)14(8-11)12(2)20-19(23)13-5-6-15-17(9-13)25-10-18(22)21-15/h4-9,12H,10H2,1-3H3,(H,20,23)(H,21,22). The van der Waals surface area contributed by atoms with Gasteiger partial charge in [0.25, 0.3) is 11.8 Å². The molecule has 6 nitrogen and oxygen atoms in total. The smallest absolute Gasteiger partial charge is 0.262 e. The Morgan fingerprint density at radius 3 is 2.84 bits per heavy atom. The second-order valence-corrected chi connectivity index (χ2v) is 5.99. The van der Waals surface area contributed by atoms with E-state index in [0.29, 0.717) is 17.0 Å². The fraction of sp³-hybridized carbons (Fsp3) is 0.263. The van der Waals surface area contributed by atoms with Crippen LogP contribution < -0.4 is 20.1 Å². The van der Waals surface area contributed by atoms with Crippen molar-refractivity contribution in [3.05, 3.63) is 53.1 Å². The monoisotopic (exact) mass is 340 g/mol. The van der Waals surface area contributed by atoms with Gasteiger partial charge in [0.05, 0.1) is 18.8 Å². The number of aryl methyl sites for hydroxylation is 1. The molecule has 2 aromatic carbocycles. The predicted molar refractivity (Wildman–Crippen MR) is 94.2 cm³/mol. The molecule has 0 saturated carbocycles. The molecule has 1 unspecified atom stereocenters. The molecule has 0 spiro atoms. The molecule has 1 heterocycles. The Labute approximate surface area is 146 Å². The highest BCUT2D eigenvalue weighted by molar-refractivity contribution is 5.99. The Morgan fingerprint density at radius 2 is 2.08 bits per heavy atom. The summed E-state index contributed by atoms with van der Waals surface area (Å²) >= 11 is 0. The number of anilines is 1.